The smallest absolute Gasteiger partial charge is 0.320 e. The van der Waals surface area contributed by atoms with Crippen LogP contribution in [-0.2, 0) is 11.2 Å². The van der Waals surface area contributed by atoms with Gasteiger partial charge in [0.15, 0.2) is 0 Å². The molecular weight excluding hydrogens is 192 g/mol. The van der Waals surface area contributed by atoms with E-state index in [1.165, 1.54) is 0 Å². The number of nitrogens with one attached hydrogen (secondary N) is 1. The number of aliphatic carboxylic acids is 1. The molecule has 0 saturated heterocycles. The van der Waals surface area contributed by atoms with Crippen LogP contribution in [0.2, 0.25) is 2.82 Å². The fourth-order valence-corrected chi connectivity index (χ4v) is 1.50. The van der Waals surface area contributed by atoms with Crippen molar-refractivity contribution in [2.45, 2.75) is 12.5 Å². The highest BCUT2D eigenvalue weighted by atomic mass is 16.4. The van der Waals surface area contributed by atoms with E-state index in [0.29, 0.717) is 5.56 Å². The lowest BCUT2D eigenvalue weighted by Gasteiger charge is -2.04. The standard InChI is InChI=1S/C11H12N2O2/c12-9(11(14)15)5-7-6-13-10-4-2-1-3-8(7)10/h1-4,6,9,13H,5,12H2,(H,14,15)/t9-/m0/s1/i6D/hD3. The van der Waals surface area contributed by atoms with Crippen LogP contribution < -0.4 is 5.72 Å². The Morgan fingerprint density at radius 2 is 2.60 bits per heavy atom. The molecule has 1 atom stereocenters. The molecule has 4 nitrogen and oxygen atoms in total. The van der Waals surface area contributed by atoms with Gasteiger partial charge in [0.2, 0.25) is 0 Å². The maximum absolute atomic E-state index is 11.4. The van der Waals surface area contributed by atoms with Gasteiger partial charge in [0.1, 0.15) is 8.87 Å². The zero-order valence-corrected chi connectivity index (χ0v) is 7.86. The average Bonchev–Trinajstić information content (AvgIpc) is 2.70. The second-order valence-corrected chi connectivity index (χ2v) is 3.31. The highest BCUT2D eigenvalue weighted by molar-refractivity contribution is 5.84. The molecule has 4 N–H and O–H groups in total. The third kappa shape index (κ3) is 1.85. The van der Waals surface area contributed by atoms with Gasteiger partial charge < -0.3 is 15.8 Å². The molecule has 0 saturated carbocycles. The van der Waals surface area contributed by atoms with E-state index in [1.807, 2.05) is 6.07 Å². The molecule has 0 fully saturated rings. The van der Waals surface area contributed by atoms with Crippen LogP contribution in [0.1, 0.15) is 6.93 Å². The van der Waals surface area contributed by atoms with Crippen LogP contribution in [-0.4, -0.2) is 22.1 Å². The Kier molecular flexibility index (Phi) is 1.48. The molecule has 1 aromatic carbocycles. The number of para-hydroxylation sites is 1. The number of benzene rings is 1. The van der Waals surface area contributed by atoms with E-state index in [4.69, 9.17) is 5.63 Å². The average molecular weight is 208 g/mol. The van der Waals surface area contributed by atoms with Gasteiger partial charge in [-0.1, -0.05) is 18.2 Å². The molecule has 1 heterocycles. The maximum atomic E-state index is 11.4. The predicted octanol–water partition coefficient (Wildman–Crippen LogP) is 1.12. The van der Waals surface area contributed by atoms with E-state index in [1.54, 1.807) is 18.2 Å². The van der Waals surface area contributed by atoms with E-state index in [9.17, 15) is 4.79 Å². The molecule has 4 heteroatoms. The SMILES string of the molecule is [2H]OC(=O)[C@H](Cc1c([2H])[nH]c2ccccc12)N([2H])[2H]. The Bertz CT molecular complexity index is 599. The van der Waals surface area contributed by atoms with Gasteiger partial charge in [-0.3, -0.25) is 4.79 Å². The second kappa shape index (κ2) is 3.74. The summed E-state index contributed by atoms with van der Waals surface area (Å²) in [4.78, 5) is 14.2. The summed E-state index contributed by atoms with van der Waals surface area (Å²) in [5.74, 6) is -0.991. The third-order valence-corrected chi connectivity index (χ3v) is 2.27. The van der Waals surface area contributed by atoms with Crippen molar-refractivity contribution in [1.82, 2.24) is 4.98 Å². The van der Waals surface area contributed by atoms with Crippen molar-refractivity contribution in [3.05, 3.63) is 36.0 Å². The van der Waals surface area contributed by atoms with Gasteiger partial charge in [0, 0.05) is 23.5 Å². The first-order valence-corrected chi connectivity index (χ1v) is 4.54. The number of aromatic amines is 1. The Morgan fingerprint density at radius 1 is 1.73 bits per heavy atom. The van der Waals surface area contributed by atoms with Crippen LogP contribution in [0.3, 0.4) is 0 Å². The molecule has 0 radical (unpaired) electrons. The summed E-state index contributed by atoms with van der Waals surface area (Å²) in [6.07, 6.45) is 0.0962. The first-order chi connectivity index (χ1) is 9.04. The Balaban J connectivity index is 2.39. The van der Waals surface area contributed by atoms with Crippen LogP contribution in [0.4, 0.5) is 0 Å². The number of carboxylic acid groups (broad SMARTS) is 1. The second-order valence-electron chi connectivity index (χ2n) is 3.31. The summed E-state index contributed by atoms with van der Waals surface area (Å²) in [6, 6.07) is 5.98. The van der Waals surface area contributed by atoms with Crippen LogP contribution >= 0.6 is 0 Å². The van der Waals surface area contributed by atoms with E-state index in [2.05, 4.69) is 10.1 Å². The van der Waals surface area contributed by atoms with Gasteiger partial charge in [-0.05, 0) is 11.6 Å². The van der Waals surface area contributed by atoms with Crippen molar-refractivity contribution in [2.24, 2.45) is 5.72 Å². The lowest BCUT2D eigenvalue weighted by atomic mass is 10.1. The molecule has 0 aliphatic rings. The van der Waals surface area contributed by atoms with Gasteiger partial charge >= 0.3 is 5.97 Å². The summed E-state index contributed by atoms with van der Waals surface area (Å²) in [6.45, 7) is 0. The van der Waals surface area contributed by atoms with Gasteiger partial charge in [-0.15, -0.1) is 0 Å². The number of rotatable bonds is 4. The Morgan fingerprint density at radius 3 is 3.40 bits per heavy atom. The lowest BCUT2D eigenvalue weighted by Crippen LogP contribution is -2.32. The van der Waals surface area contributed by atoms with Crippen molar-refractivity contribution < 1.29 is 14.1 Å². The molecule has 0 amide bonds. The molecule has 78 valence electrons. The number of hydrogen-bond acceptors (Lipinski definition) is 3. The minimum absolute atomic E-state index is 0.0342. The number of carboxylic acids is 1. The minimum atomic E-state index is -1.24. The molecular formula is C11H12N2O2. The van der Waals surface area contributed by atoms with Crippen molar-refractivity contribution in [3.8, 4) is 0 Å². The number of hydrogen-bond donors (Lipinski definition) is 3. The number of H-pyrrole nitrogens is 1. The summed E-state index contributed by atoms with van der Waals surface area (Å²) >= 11 is 0. The monoisotopic (exact) mass is 208 g/mol. The largest absolute Gasteiger partial charge is 0.480 e. The molecule has 0 bridgehead atoms. The molecule has 0 spiro atoms. The Labute approximate surface area is 92.5 Å². The summed E-state index contributed by atoms with van der Waals surface area (Å²) in [7, 11) is 0. The highest BCUT2D eigenvalue weighted by Crippen LogP contribution is 2.18. The van der Waals surface area contributed by atoms with Crippen molar-refractivity contribution in [3.63, 3.8) is 0 Å². The summed E-state index contributed by atoms with van der Waals surface area (Å²) in [5, 5.41) is 4.59. The van der Waals surface area contributed by atoms with Crippen molar-refractivity contribution in [1.29, 1.82) is 1.43 Å². The zero-order chi connectivity index (χ0) is 14.0. The molecule has 2 aromatic rings. The molecule has 15 heavy (non-hydrogen) atoms. The molecule has 2 rings (SSSR count). The lowest BCUT2D eigenvalue weighted by molar-refractivity contribution is -0.138. The number of aromatic nitrogens is 1. The van der Waals surface area contributed by atoms with Crippen molar-refractivity contribution >= 4 is 16.9 Å². The highest BCUT2D eigenvalue weighted by Gasteiger charge is 2.14. The van der Waals surface area contributed by atoms with Crippen LogP contribution in [0.25, 0.3) is 12.3 Å². The number of nitrogens with two attached hydrogens (primary N) is 1. The fraction of sp³-hybridized carbons (Fsp3) is 0.182. The zero-order valence-electron chi connectivity index (χ0n) is 11.9. The van der Waals surface area contributed by atoms with E-state index in [0.717, 1.165) is 10.9 Å². The molecule has 1 aromatic heterocycles. The Hall–Kier alpha value is -1.81. The summed E-state index contributed by atoms with van der Waals surface area (Å²) in [5.41, 5.74) is 1.47. The first kappa shape index (κ1) is 5.92. The van der Waals surface area contributed by atoms with E-state index in [-0.39, 0.29) is 18.3 Å². The maximum Gasteiger partial charge on any atom is 0.320 e. The van der Waals surface area contributed by atoms with Gasteiger partial charge in [0.25, 0.3) is 1.43 Å². The fourth-order valence-electron chi connectivity index (χ4n) is 1.50. The van der Waals surface area contributed by atoms with Crippen molar-refractivity contribution in [2.75, 3.05) is 0 Å². The number of fused-ring (bicyclic) bond motifs is 1. The molecule has 0 unspecified atom stereocenters. The quantitative estimate of drug-likeness (QED) is 0.704. The van der Waals surface area contributed by atoms with Gasteiger partial charge in [-0.25, -0.2) is 0 Å². The molecule has 0 aliphatic carbocycles. The van der Waals surface area contributed by atoms with E-state index < -0.39 is 12.0 Å². The first-order valence-electron chi connectivity index (χ1n) is 6.35. The normalized spacial score (nSPS) is 16.6. The predicted molar refractivity (Wildman–Crippen MR) is 57.6 cm³/mol. The molecule has 0 aliphatic heterocycles. The third-order valence-electron chi connectivity index (χ3n) is 2.27. The topological polar surface area (TPSA) is 79.1 Å². The number of carbonyl (C=O) groups is 1. The van der Waals surface area contributed by atoms with Crippen LogP contribution in [0, 0.1) is 0 Å². The van der Waals surface area contributed by atoms with E-state index >= 15 is 0 Å². The van der Waals surface area contributed by atoms with Gasteiger partial charge in [-0.2, -0.15) is 0 Å². The summed E-state index contributed by atoms with van der Waals surface area (Å²) < 4.78 is 28.8. The van der Waals surface area contributed by atoms with Crippen LogP contribution in [0.5, 0.6) is 0 Å². The van der Waals surface area contributed by atoms with Crippen LogP contribution in [0.15, 0.2) is 30.4 Å². The minimum Gasteiger partial charge on any atom is -0.480 e. The van der Waals surface area contributed by atoms with Gasteiger partial charge in [0.05, 0.1) is 1.37 Å².